The Morgan fingerprint density at radius 1 is 0.903 bits per heavy atom. The number of hydrogen-bond donors (Lipinski definition) is 0. The minimum absolute atomic E-state index is 0.191. The molecule has 1 aromatic heterocycles. The van der Waals surface area contributed by atoms with Crippen LogP contribution in [0.15, 0.2) is 72.8 Å². The molecular formula is C27H29ClN2O. The highest BCUT2D eigenvalue weighted by atomic mass is 35.5. The largest absolute Gasteiger partial charge is 0.492 e. The number of para-hydroxylation sites is 2. The fourth-order valence-corrected chi connectivity index (χ4v) is 4.13. The van der Waals surface area contributed by atoms with E-state index < -0.39 is 0 Å². The number of nitrogens with zero attached hydrogens (tertiary/aromatic N) is 2. The van der Waals surface area contributed by atoms with Crippen molar-refractivity contribution in [3.05, 3.63) is 94.8 Å². The van der Waals surface area contributed by atoms with Gasteiger partial charge >= 0.3 is 0 Å². The number of imidazole rings is 1. The van der Waals surface area contributed by atoms with E-state index in [1.165, 1.54) is 11.1 Å². The fraction of sp³-hybridized carbons (Fsp3) is 0.296. The SMILES string of the molecule is CC(C)Cc1ccc([C@@H](C)c2nc3ccccc3n2CCOc2ccc(Cl)cc2)cc1. The van der Waals surface area contributed by atoms with Gasteiger partial charge in [0.05, 0.1) is 17.6 Å². The topological polar surface area (TPSA) is 27.1 Å². The normalized spacial score (nSPS) is 12.4. The van der Waals surface area contributed by atoms with Gasteiger partial charge in [0.2, 0.25) is 0 Å². The second-order valence-corrected chi connectivity index (χ2v) is 8.91. The predicted octanol–water partition coefficient (Wildman–Crippen LogP) is 7.12. The molecule has 3 nitrogen and oxygen atoms in total. The summed E-state index contributed by atoms with van der Waals surface area (Å²) < 4.78 is 8.26. The number of fused-ring (bicyclic) bond motifs is 1. The number of ether oxygens (including phenoxy) is 1. The number of halogens is 1. The van der Waals surface area contributed by atoms with Gasteiger partial charge in [-0.25, -0.2) is 4.98 Å². The lowest BCUT2D eigenvalue weighted by atomic mass is 9.96. The highest BCUT2D eigenvalue weighted by Crippen LogP contribution is 2.28. The van der Waals surface area contributed by atoms with Crippen LogP contribution in [0, 0.1) is 5.92 Å². The molecule has 0 radical (unpaired) electrons. The molecule has 4 aromatic rings. The first-order valence-electron chi connectivity index (χ1n) is 10.9. The van der Waals surface area contributed by atoms with E-state index in [9.17, 15) is 0 Å². The molecule has 0 amide bonds. The first kappa shape index (κ1) is 21.5. The van der Waals surface area contributed by atoms with Crippen molar-refractivity contribution in [3.63, 3.8) is 0 Å². The summed E-state index contributed by atoms with van der Waals surface area (Å²) in [5, 5.41) is 0.712. The smallest absolute Gasteiger partial charge is 0.119 e. The van der Waals surface area contributed by atoms with Crippen LogP contribution in [0.1, 0.15) is 43.6 Å². The molecule has 0 saturated heterocycles. The Morgan fingerprint density at radius 3 is 2.32 bits per heavy atom. The minimum Gasteiger partial charge on any atom is -0.492 e. The molecule has 1 heterocycles. The predicted molar refractivity (Wildman–Crippen MR) is 129 cm³/mol. The first-order valence-corrected chi connectivity index (χ1v) is 11.3. The molecule has 4 rings (SSSR count). The summed E-state index contributed by atoms with van der Waals surface area (Å²) >= 11 is 5.97. The van der Waals surface area contributed by atoms with E-state index in [0.29, 0.717) is 17.5 Å². The molecule has 0 unspecified atom stereocenters. The Labute approximate surface area is 189 Å². The molecule has 4 heteroatoms. The van der Waals surface area contributed by atoms with Crippen LogP contribution in [0.5, 0.6) is 5.75 Å². The van der Waals surface area contributed by atoms with Crippen LogP contribution in [0.3, 0.4) is 0 Å². The zero-order chi connectivity index (χ0) is 21.8. The third-order valence-electron chi connectivity index (χ3n) is 5.59. The van der Waals surface area contributed by atoms with Gasteiger partial charge in [-0.2, -0.15) is 0 Å². The van der Waals surface area contributed by atoms with E-state index in [2.05, 4.69) is 67.8 Å². The Balaban J connectivity index is 1.57. The van der Waals surface area contributed by atoms with E-state index in [1.54, 1.807) is 0 Å². The number of aromatic nitrogens is 2. The van der Waals surface area contributed by atoms with Crippen molar-refractivity contribution >= 4 is 22.6 Å². The van der Waals surface area contributed by atoms with Gasteiger partial charge in [-0.05, 0) is 59.9 Å². The van der Waals surface area contributed by atoms with Crippen molar-refractivity contribution in [2.24, 2.45) is 5.92 Å². The molecule has 1 atom stereocenters. The third kappa shape index (κ3) is 5.11. The van der Waals surface area contributed by atoms with Crippen LogP contribution in [0.4, 0.5) is 0 Å². The second-order valence-electron chi connectivity index (χ2n) is 8.47. The van der Waals surface area contributed by atoms with Crippen molar-refractivity contribution in [2.45, 2.75) is 39.7 Å². The molecular weight excluding hydrogens is 404 g/mol. The summed E-state index contributed by atoms with van der Waals surface area (Å²) in [5.74, 6) is 2.74. The summed E-state index contributed by atoms with van der Waals surface area (Å²) in [5.41, 5.74) is 4.83. The van der Waals surface area contributed by atoms with Crippen molar-refractivity contribution in [3.8, 4) is 5.75 Å². The van der Waals surface area contributed by atoms with Crippen LogP contribution in [0.25, 0.3) is 11.0 Å². The molecule has 0 saturated carbocycles. The molecule has 3 aromatic carbocycles. The minimum atomic E-state index is 0.191. The molecule has 0 aliphatic heterocycles. The van der Waals surface area contributed by atoms with E-state index in [0.717, 1.165) is 35.6 Å². The lowest BCUT2D eigenvalue weighted by Gasteiger charge is -2.16. The maximum absolute atomic E-state index is 5.97. The summed E-state index contributed by atoms with van der Waals surface area (Å²) in [6.07, 6.45) is 1.11. The zero-order valence-corrected chi connectivity index (χ0v) is 19.1. The average molecular weight is 433 g/mol. The van der Waals surface area contributed by atoms with Crippen LogP contribution < -0.4 is 4.74 Å². The highest BCUT2D eigenvalue weighted by molar-refractivity contribution is 6.30. The standard InChI is InChI=1S/C27H29ClN2O/c1-19(2)18-21-8-10-22(11-9-21)20(3)27-29-25-6-4-5-7-26(25)30(27)16-17-31-24-14-12-23(28)13-15-24/h4-15,19-20H,16-18H2,1-3H3/t20-/m1/s1. The van der Waals surface area contributed by atoms with Crippen LogP contribution in [-0.2, 0) is 13.0 Å². The number of rotatable bonds is 8. The molecule has 0 aliphatic carbocycles. The molecule has 0 N–H and O–H groups in total. The molecule has 0 fully saturated rings. The van der Waals surface area contributed by atoms with E-state index in [4.69, 9.17) is 21.3 Å². The van der Waals surface area contributed by atoms with Crippen molar-refractivity contribution in [2.75, 3.05) is 6.61 Å². The van der Waals surface area contributed by atoms with Crippen molar-refractivity contribution < 1.29 is 4.74 Å². The first-order chi connectivity index (χ1) is 15.0. The van der Waals surface area contributed by atoms with Crippen LogP contribution in [-0.4, -0.2) is 16.2 Å². The van der Waals surface area contributed by atoms with Gasteiger partial charge < -0.3 is 9.30 Å². The Morgan fingerprint density at radius 2 is 1.61 bits per heavy atom. The van der Waals surface area contributed by atoms with Gasteiger partial charge in [0.15, 0.2) is 0 Å². The Bertz CT molecular complexity index is 1130. The summed E-state index contributed by atoms with van der Waals surface area (Å²) in [7, 11) is 0. The van der Waals surface area contributed by atoms with Crippen LogP contribution in [0.2, 0.25) is 5.02 Å². The van der Waals surface area contributed by atoms with Gasteiger partial charge in [-0.15, -0.1) is 0 Å². The third-order valence-corrected chi connectivity index (χ3v) is 5.84. The van der Waals surface area contributed by atoms with Gasteiger partial charge in [0.25, 0.3) is 0 Å². The van der Waals surface area contributed by atoms with Gasteiger partial charge in [-0.3, -0.25) is 0 Å². The lowest BCUT2D eigenvalue weighted by molar-refractivity contribution is 0.298. The quantitative estimate of drug-likeness (QED) is 0.296. The Kier molecular flexibility index (Phi) is 6.62. The van der Waals surface area contributed by atoms with Gasteiger partial charge in [0.1, 0.15) is 18.2 Å². The van der Waals surface area contributed by atoms with E-state index in [-0.39, 0.29) is 5.92 Å². The summed E-state index contributed by atoms with van der Waals surface area (Å²) in [6.45, 7) is 8.04. The van der Waals surface area contributed by atoms with Crippen LogP contribution >= 0.6 is 11.6 Å². The maximum atomic E-state index is 5.97. The number of hydrogen-bond acceptors (Lipinski definition) is 2. The monoisotopic (exact) mass is 432 g/mol. The highest BCUT2D eigenvalue weighted by Gasteiger charge is 2.18. The maximum Gasteiger partial charge on any atom is 0.119 e. The Hall–Kier alpha value is -2.78. The zero-order valence-electron chi connectivity index (χ0n) is 18.4. The lowest BCUT2D eigenvalue weighted by Crippen LogP contribution is -2.13. The molecule has 160 valence electrons. The van der Waals surface area contributed by atoms with Crippen molar-refractivity contribution in [1.29, 1.82) is 0 Å². The molecule has 0 aliphatic rings. The summed E-state index contributed by atoms with van der Waals surface area (Å²) in [6, 6.07) is 24.8. The van der Waals surface area contributed by atoms with Gasteiger partial charge in [-0.1, -0.05) is 68.8 Å². The summed E-state index contributed by atoms with van der Waals surface area (Å²) in [4.78, 5) is 4.99. The van der Waals surface area contributed by atoms with E-state index in [1.807, 2.05) is 30.3 Å². The molecule has 31 heavy (non-hydrogen) atoms. The fourth-order valence-electron chi connectivity index (χ4n) is 4.01. The second kappa shape index (κ2) is 9.57. The number of benzene rings is 3. The molecule has 0 bridgehead atoms. The molecule has 0 spiro atoms. The van der Waals surface area contributed by atoms with Crippen molar-refractivity contribution in [1.82, 2.24) is 9.55 Å². The van der Waals surface area contributed by atoms with Gasteiger partial charge in [0, 0.05) is 10.9 Å². The van der Waals surface area contributed by atoms with E-state index >= 15 is 0 Å². The average Bonchev–Trinajstić information content (AvgIpc) is 3.13.